The third-order valence-electron chi connectivity index (χ3n) is 3.21. The van der Waals surface area contributed by atoms with E-state index in [1.807, 2.05) is 18.2 Å². The van der Waals surface area contributed by atoms with Gasteiger partial charge in [0, 0.05) is 5.54 Å². The van der Waals surface area contributed by atoms with Crippen molar-refractivity contribution in [2.45, 2.75) is 32.7 Å². The van der Waals surface area contributed by atoms with Crippen LogP contribution in [0.4, 0.5) is 0 Å². The Kier molecular flexibility index (Phi) is 5.40. The number of nitrogens with one attached hydrogen (secondary N) is 1. The van der Waals surface area contributed by atoms with Gasteiger partial charge >= 0.3 is 0 Å². The predicted molar refractivity (Wildman–Crippen MR) is 89.7 cm³/mol. The van der Waals surface area contributed by atoms with Crippen molar-refractivity contribution in [3.63, 3.8) is 0 Å². The number of hydrogen-bond donors (Lipinski definition) is 1. The first-order valence-corrected chi connectivity index (χ1v) is 7.58. The highest BCUT2D eigenvalue weighted by Crippen LogP contribution is 2.22. The monoisotopic (exact) mass is 283 g/mol. The molecular weight excluding hydrogens is 258 g/mol. The normalized spacial score (nSPS) is 11.4. The van der Waals surface area contributed by atoms with Crippen LogP contribution in [-0.2, 0) is 0 Å². The fraction of sp³-hybridized carbons (Fsp3) is 0.368. The zero-order chi connectivity index (χ0) is 15.1. The van der Waals surface area contributed by atoms with Crippen LogP contribution < -0.4 is 10.1 Å². The molecule has 0 spiro atoms. The van der Waals surface area contributed by atoms with Crippen LogP contribution in [0.3, 0.4) is 0 Å². The van der Waals surface area contributed by atoms with Gasteiger partial charge in [0.15, 0.2) is 0 Å². The van der Waals surface area contributed by atoms with Crippen molar-refractivity contribution >= 4 is 0 Å². The number of rotatable bonds is 6. The standard InChI is InChI=1S/C19H25NO/c1-19(2,3)20-14-7-15-21-18-12-10-17(11-13-18)16-8-5-4-6-9-16/h4-6,8-13,20H,7,14-15H2,1-3H3. The van der Waals surface area contributed by atoms with Crippen molar-refractivity contribution in [1.29, 1.82) is 0 Å². The third kappa shape index (κ3) is 5.60. The van der Waals surface area contributed by atoms with Gasteiger partial charge in [0.2, 0.25) is 0 Å². The first-order chi connectivity index (χ1) is 10.0. The molecule has 2 heteroatoms. The molecular formula is C19H25NO. The van der Waals surface area contributed by atoms with Gasteiger partial charge < -0.3 is 10.1 Å². The molecule has 0 aliphatic carbocycles. The average Bonchev–Trinajstić information content (AvgIpc) is 2.47. The van der Waals surface area contributed by atoms with Crippen molar-refractivity contribution < 1.29 is 4.74 Å². The van der Waals surface area contributed by atoms with Crippen LogP contribution in [0.2, 0.25) is 0 Å². The molecule has 0 aromatic heterocycles. The molecule has 1 N–H and O–H groups in total. The van der Waals surface area contributed by atoms with Gasteiger partial charge in [-0.1, -0.05) is 42.5 Å². The van der Waals surface area contributed by atoms with Gasteiger partial charge in [-0.25, -0.2) is 0 Å². The lowest BCUT2D eigenvalue weighted by Gasteiger charge is -2.20. The van der Waals surface area contributed by atoms with E-state index in [1.54, 1.807) is 0 Å². The Morgan fingerprint density at radius 3 is 2.10 bits per heavy atom. The summed E-state index contributed by atoms with van der Waals surface area (Å²) in [5, 5.41) is 3.46. The second-order valence-corrected chi connectivity index (χ2v) is 6.27. The van der Waals surface area contributed by atoms with Crippen LogP contribution in [0, 0.1) is 0 Å². The van der Waals surface area contributed by atoms with Gasteiger partial charge in [-0.15, -0.1) is 0 Å². The molecule has 0 heterocycles. The molecule has 2 aromatic carbocycles. The van der Waals surface area contributed by atoms with E-state index in [-0.39, 0.29) is 5.54 Å². The minimum absolute atomic E-state index is 0.178. The number of ether oxygens (including phenoxy) is 1. The van der Waals surface area contributed by atoms with Crippen molar-refractivity contribution in [3.8, 4) is 16.9 Å². The average molecular weight is 283 g/mol. The Bertz CT molecular complexity index is 526. The Morgan fingerprint density at radius 1 is 0.857 bits per heavy atom. The van der Waals surface area contributed by atoms with Crippen molar-refractivity contribution in [2.75, 3.05) is 13.2 Å². The molecule has 2 nitrogen and oxygen atoms in total. The molecule has 0 aliphatic heterocycles. The molecule has 0 atom stereocenters. The van der Waals surface area contributed by atoms with Gasteiger partial charge in [0.25, 0.3) is 0 Å². The molecule has 0 bridgehead atoms. The minimum atomic E-state index is 0.178. The molecule has 112 valence electrons. The lowest BCUT2D eigenvalue weighted by atomic mass is 10.1. The topological polar surface area (TPSA) is 21.3 Å². The Morgan fingerprint density at radius 2 is 1.48 bits per heavy atom. The molecule has 2 aromatic rings. The van der Waals surface area contributed by atoms with Gasteiger partial charge in [0.05, 0.1) is 6.61 Å². The highest BCUT2D eigenvalue weighted by molar-refractivity contribution is 5.63. The largest absolute Gasteiger partial charge is 0.494 e. The highest BCUT2D eigenvalue weighted by Gasteiger charge is 2.07. The molecule has 2 rings (SSSR count). The van der Waals surface area contributed by atoms with Crippen LogP contribution in [0.5, 0.6) is 5.75 Å². The zero-order valence-electron chi connectivity index (χ0n) is 13.2. The number of benzene rings is 2. The summed E-state index contributed by atoms with van der Waals surface area (Å²) < 4.78 is 5.77. The molecule has 0 saturated carbocycles. The second-order valence-electron chi connectivity index (χ2n) is 6.27. The van der Waals surface area contributed by atoms with E-state index in [2.05, 4.69) is 62.5 Å². The SMILES string of the molecule is CC(C)(C)NCCCOc1ccc(-c2ccccc2)cc1. The van der Waals surface area contributed by atoms with Crippen molar-refractivity contribution in [2.24, 2.45) is 0 Å². The summed E-state index contributed by atoms with van der Waals surface area (Å²) in [7, 11) is 0. The van der Waals surface area contributed by atoms with Gasteiger partial charge in [-0.3, -0.25) is 0 Å². The summed E-state index contributed by atoms with van der Waals surface area (Å²) in [4.78, 5) is 0. The maximum absolute atomic E-state index is 5.77. The molecule has 0 radical (unpaired) electrons. The molecule has 0 fully saturated rings. The minimum Gasteiger partial charge on any atom is -0.494 e. The summed E-state index contributed by atoms with van der Waals surface area (Å²) in [5.74, 6) is 0.936. The summed E-state index contributed by atoms with van der Waals surface area (Å²) >= 11 is 0. The Balaban J connectivity index is 1.78. The van der Waals surface area contributed by atoms with Crippen LogP contribution >= 0.6 is 0 Å². The zero-order valence-corrected chi connectivity index (χ0v) is 13.2. The van der Waals surface area contributed by atoms with Crippen molar-refractivity contribution in [3.05, 3.63) is 54.6 Å². The molecule has 0 unspecified atom stereocenters. The van der Waals surface area contributed by atoms with Crippen LogP contribution in [0.1, 0.15) is 27.2 Å². The first-order valence-electron chi connectivity index (χ1n) is 7.58. The highest BCUT2D eigenvalue weighted by atomic mass is 16.5. The van der Waals surface area contributed by atoms with E-state index in [1.165, 1.54) is 11.1 Å². The van der Waals surface area contributed by atoms with Gasteiger partial charge in [-0.05, 0) is 57.0 Å². The molecule has 0 amide bonds. The summed E-state index contributed by atoms with van der Waals surface area (Å²) in [6, 6.07) is 18.7. The fourth-order valence-electron chi connectivity index (χ4n) is 2.10. The van der Waals surface area contributed by atoms with E-state index in [9.17, 15) is 0 Å². The molecule has 0 aliphatic rings. The lowest BCUT2D eigenvalue weighted by molar-refractivity contribution is 0.298. The maximum Gasteiger partial charge on any atom is 0.119 e. The lowest BCUT2D eigenvalue weighted by Crippen LogP contribution is -2.36. The van der Waals surface area contributed by atoms with Crippen molar-refractivity contribution in [1.82, 2.24) is 5.32 Å². The fourth-order valence-corrected chi connectivity index (χ4v) is 2.10. The van der Waals surface area contributed by atoms with Crippen LogP contribution in [-0.4, -0.2) is 18.7 Å². The smallest absolute Gasteiger partial charge is 0.119 e. The predicted octanol–water partition coefficient (Wildman–Crippen LogP) is 4.51. The maximum atomic E-state index is 5.77. The number of hydrogen-bond acceptors (Lipinski definition) is 2. The van der Waals surface area contributed by atoms with E-state index in [0.717, 1.165) is 25.3 Å². The van der Waals surface area contributed by atoms with Crippen LogP contribution in [0.25, 0.3) is 11.1 Å². The van der Waals surface area contributed by atoms with E-state index >= 15 is 0 Å². The van der Waals surface area contributed by atoms with Gasteiger partial charge in [0.1, 0.15) is 5.75 Å². The third-order valence-corrected chi connectivity index (χ3v) is 3.21. The Hall–Kier alpha value is -1.80. The van der Waals surface area contributed by atoms with Crippen LogP contribution in [0.15, 0.2) is 54.6 Å². The summed E-state index contributed by atoms with van der Waals surface area (Å²) in [6.07, 6.45) is 1.01. The molecule has 0 saturated heterocycles. The van der Waals surface area contributed by atoms with E-state index in [4.69, 9.17) is 4.74 Å². The second kappa shape index (κ2) is 7.28. The quantitative estimate of drug-likeness (QED) is 0.788. The van der Waals surface area contributed by atoms with Gasteiger partial charge in [-0.2, -0.15) is 0 Å². The molecule has 21 heavy (non-hydrogen) atoms. The first kappa shape index (κ1) is 15.6. The summed E-state index contributed by atoms with van der Waals surface area (Å²) in [6.45, 7) is 8.25. The Labute approximate surface area is 128 Å². The summed E-state index contributed by atoms with van der Waals surface area (Å²) in [5.41, 5.74) is 2.63. The van der Waals surface area contributed by atoms with E-state index in [0.29, 0.717) is 0 Å². The van der Waals surface area contributed by atoms with E-state index < -0.39 is 0 Å².